The zero-order valence-electron chi connectivity index (χ0n) is 16.7. The molecule has 8 heteroatoms. The summed E-state index contributed by atoms with van der Waals surface area (Å²) in [6.45, 7) is 8.72. The normalized spacial score (nSPS) is 16.7. The number of aromatic nitrogens is 3. The Bertz CT molecular complexity index is 847. The molecule has 0 radical (unpaired) electrons. The van der Waals surface area contributed by atoms with Crippen LogP contribution in [-0.2, 0) is 13.1 Å². The Morgan fingerprint density at radius 1 is 1.32 bits per heavy atom. The number of urea groups is 1. The van der Waals surface area contributed by atoms with Crippen LogP contribution >= 0.6 is 0 Å². The predicted molar refractivity (Wildman–Crippen MR) is 107 cm³/mol. The van der Waals surface area contributed by atoms with Crippen molar-refractivity contribution in [2.24, 2.45) is 5.92 Å². The van der Waals surface area contributed by atoms with E-state index in [9.17, 15) is 9.59 Å². The number of aryl methyl sites for hydroxylation is 2. The van der Waals surface area contributed by atoms with Gasteiger partial charge in [-0.05, 0) is 56.4 Å². The first-order chi connectivity index (χ1) is 13.5. The first-order valence-electron chi connectivity index (χ1n) is 9.79. The van der Waals surface area contributed by atoms with E-state index in [0.29, 0.717) is 29.5 Å². The SMILES string of the molecule is CCn1cnnc1CNC(=O)Nc1ccc(C(=O)N2CCCC(C)C2)cc1C. The van der Waals surface area contributed by atoms with Gasteiger partial charge in [0.15, 0.2) is 5.82 Å². The molecule has 1 atom stereocenters. The van der Waals surface area contributed by atoms with Gasteiger partial charge in [-0.3, -0.25) is 4.79 Å². The van der Waals surface area contributed by atoms with E-state index in [1.165, 1.54) is 6.42 Å². The predicted octanol–water partition coefficient (Wildman–Crippen LogP) is 2.80. The van der Waals surface area contributed by atoms with Gasteiger partial charge in [-0.2, -0.15) is 0 Å². The van der Waals surface area contributed by atoms with Gasteiger partial charge in [-0.15, -0.1) is 10.2 Å². The number of nitrogens with one attached hydrogen (secondary N) is 2. The standard InChI is InChI=1S/C20H28N6O2/c1-4-25-13-22-24-18(25)11-21-20(28)23-17-8-7-16(10-15(17)3)19(27)26-9-5-6-14(2)12-26/h7-8,10,13-14H,4-6,9,11-12H2,1-3H3,(H2,21,23,28). The summed E-state index contributed by atoms with van der Waals surface area (Å²) in [5, 5.41) is 13.4. The second-order valence-corrected chi connectivity index (χ2v) is 7.37. The highest BCUT2D eigenvalue weighted by molar-refractivity contribution is 5.96. The van der Waals surface area contributed by atoms with Crippen LogP contribution in [0.1, 0.15) is 48.4 Å². The number of carbonyl (C=O) groups excluding carboxylic acids is 2. The minimum Gasteiger partial charge on any atom is -0.338 e. The molecule has 2 aromatic rings. The topological polar surface area (TPSA) is 92.1 Å². The van der Waals surface area contributed by atoms with Gasteiger partial charge in [0.05, 0.1) is 6.54 Å². The summed E-state index contributed by atoms with van der Waals surface area (Å²) >= 11 is 0. The van der Waals surface area contributed by atoms with E-state index in [0.717, 1.165) is 31.6 Å². The van der Waals surface area contributed by atoms with Gasteiger partial charge < -0.3 is 20.1 Å². The second-order valence-electron chi connectivity index (χ2n) is 7.37. The van der Waals surface area contributed by atoms with E-state index < -0.39 is 0 Å². The first kappa shape index (κ1) is 19.9. The van der Waals surface area contributed by atoms with Crippen LogP contribution in [0.2, 0.25) is 0 Å². The average molecular weight is 384 g/mol. The van der Waals surface area contributed by atoms with Crippen LogP contribution in [0.25, 0.3) is 0 Å². The number of amides is 3. The molecule has 150 valence electrons. The maximum Gasteiger partial charge on any atom is 0.319 e. The number of carbonyl (C=O) groups is 2. The van der Waals surface area contributed by atoms with E-state index in [4.69, 9.17) is 0 Å². The summed E-state index contributed by atoms with van der Waals surface area (Å²) < 4.78 is 1.87. The number of anilines is 1. The largest absolute Gasteiger partial charge is 0.338 e. The van der Waals surface area contributed by atoms with Crippen molar-refractivity contribution in [3.63, 3.8) is 0 Å². The van der Waals surface area contributed by atoms with Crippen molar-refractivity contribution in [2.45, 2.75) is 46.7 Å². The number of benzene rings is 1. The van der Waals surface area contributed by atoms with Crippen molar-refractivity contribution in [1.82, 2.24) is 25.0 Å². The quantitative estimate of drug-likeness (QED) is 0.829. The maximum absolute atomic E-state index is 12.7. The molecular weight excluding hydrogens is 356 g/mol. The van der Waals surface area contributed by atoms with Gasteiger partial charge in [-0.1, -0.05) is 6.92 Å². The number of hydrogen-bond donors (Lipinski definition) is 2. The summed E-state index contributed by atoms with van der Waals surface area (Å²) in [4.78, 5) is 26.9. The summed E-state index contributed by atoms with van der Waals surface area (Å²) in [7, 11) is 0. The third-order valence-electron chi connectivity index (χ3n) is 5.11. The van der Waals surface area contributed by atoms with Crippen molar-refractivity contribution in [3.05, 3.63) is 41.5 Å². The third kappa shape index (κ3) is 4.68. The highest BCUT2D eigenvalue weighted by Crippen LogP contribution is 2.21. The van der Waals surface area contributed by atoms with Crippen LogP contribution in [0.5, 0.6) is 0 Å². The zero-order valence-corrected chi connectivity index (χ0v) is 16.7. The number of likely N-dealkylation sites (tertiary alicyclic amines) is 1. The summed E-state index contributed by atoms with van der Waals surface area (Å²) in [5.41, 5.74) is 2.19. The van der Waals surface area contributed by atoms with E-state index in [1.54, 1.807) is 18.5 Å². The molecule has 3 rings (SSSR count). The Morgan fingerprint density at radius 2 is 2.14 bits per heavy atom. The molecule has 0 saturated carbocycles. The minimum absolute atomic E-state index is 0.0598. The molecular formula is C20H28N6O2. The van der Waals surface area contributed by atoms with Gasteiger partial charge in [0.25, 0.3) is 5.91 Å². The van der Waals surface area contributed by atoms with Crippen LogP contribution in [0.4, 0.5) is 10.5 Å². The molecule has 1 aliphatic rings. The Balaban J connectivity index is 1.59. The molecule has 0 spiro atoms. The molecule has 1 unspecified atom stereocenters. The smallest absolute Gasteiger partial charge is 0.319 e. The van der Waals surface area contributed by atoms with Crippen molar-refractivity contribution in [2.75, 3.05) is 18.4 Å². The molecule has 1 fully saturated rings. The first-order valence-corrected chi connectivity index (χ1v) is 9.79. The second kappa shape index (κ2) is 8.86. The summed E-state index contributed by atoms with van der Waals surface area (Å²) in [5.74, 6) is 1.30. The highest BCUT2D eigenvalue weighted by Gasteiger charge is 2.22. The number of piperidine rings is 1. The van der Waals surface area contributed by atoms with Crippen LogP contribution in [0.3, 0.4) is 0 Å². The highest BCUT2D eigenvalue weighted by atomic mass is 16.2. The van der Waals surface area contributed by atoms with Crippen LogP contribution < -0.4 is 10.6 Å². The Labute approximate surface area is 165 Å². The fourth-order valence-electron chi connectivity index (χ4n) is 3.50. The maximum atomic E-state index is 12.7. The number of nitrogens with zero attached hydrogens (tertiary/aromatic N) is 4. The average Bonchev–Trinajstić information content (AvgIpc) is 3.15. The lowest BCUT2D eigenvalue weighted by molar-refractivity contribution is 0.0683. The van der Waals surface area contributed by atoms with Crippen molar-refractivity contribution in [3.8, 4) is 0 Å². The molecule has 0 aliphatic carbocycles. The van der Waals surface area contributed by atoms with E-state index >= 15 is 0 Å². The molecule has 28 heavy (non-hydrogen) atoms. The summed E-state index contributed by atoms with van der Waals surface area (Å²) in [6, 6.07) is 5.07. The Kier molecular flexibility index (Phi) is 6.28. The van der Waals surface area contributed by atoms with Crippen LogP contribution in [-0.4, -0.2) is 44.7 Å². The van der Waals surface area contributed by atoms with Gasteiger partial charge in [0, 0.05) is 30.9 Å². The number of rotatable bonds is 5. The Morgan fingerprint density at radius 3 is 2.86 bits per heavy atom. The lowest BCUT2D eigenvalue weighted by atomic mass is 9.99. The van der Waals surface area contributed by atoms with E-state index in [1.807, 2.05) is 29.4 Å². The van der Waals surface area contributed by atoms with E-state index in [-0.39, 0.29) is 11.9 Å². The molecule has 8 nitrogen and oxygen atoms in total. The van der Waals surface area contributed by atoms with Crippen molar-refractivity contribution < 1.29 is 9.59 Å². The molecule has 0 bridgehead atoms. The van der Waals surface area contributed by atoms with E-state index in [2.05, 4.69) is 27.8 Å². The molecule has 1 saturated heterocycles. The van der Waals surface area contributed by atoms with Crippen molar-refractivity contribution in [1.29, 1.82) is 0 Å². The lowest BCUT2D eigenvalue weighted by Crippen LogP contribution is -2.39. The summed E-state index contributed by atoms with van der Waals surface area (Å²) in [6.07, 6.45) is 3.87. The molecule has 1 aromatic heterocycles. The third-order valence-corrected chi connectivity index (χ3v) is 5.11. The van der Waals surface area contributed by atoms with Gasteiger partial charge >= 0.3 is 6.03 Å². The lowest BCUT2D eigenvalue weighted by Gasteiger charge is -2.31. The minimum atomic E-state index is -0.322. The zero-order chi connectivity index (χ0) is 20.1. The van der Waals surface area contributed by atoms with Gasteiger partial charge in [-0.25, -0.2) is 4.79 Å². The van der Waals surface area contributed by atoms with Crippen LogP contribution in [0, 0.1) is 12.8 Å². The number of hydrogen-bond acceptors (Lipinski definition) is 4. The monoisotopic (exact) mass is 384 g/mol. The fraction of sp³-hybridized carbons (Fsp3) is 0.500. The molecule has 1 aromatic carbocycles. The van der Waals surface area contributed by atoms with Gasteiger partial charge in [0.1, 0.15) is 6.33 Å². The molecule has 2 N–H and O–H groups in total. The Hall–Kier alpha value is -2.90. The van der Waals surface area contributed by atoms with Gasteiger partial charge in [0.2, 0.25) is 0 Å². The fourth-order valence-corrected chi connectivity index (χ4v) is 3.50. The van der Waals surface area contributed by atoms with Crippen molar-refractivity contribution >= 4 is 17.6 Å². The molecule has 1 aliphatic heterocycles. The molecule has 3 amide bonds. The van der Waals surface area contributed by atoms with Crippen LogP contribution in [0.15, 0.2) is 24.5 Å². The molecule has 2 heterocycles.